The van der Waals surface area contributed by atoms with Gasteiger partial charge in [0.1, 0.15) is 0 Å². The van der Waals surface area contributed by atoms with Crippen LogP contribution in [0.25, 0.3) is 0 Å². The molecular formula is C34H52O4. The Bertz CT molecular complexity index is 698. The number of unbranched alkanes of at least 4 members (excludes halogenated alkanes) is 16. The number of esters is 2. The third-order valence-corrected chi connectivity index (χ3v) is 6.19. The first-order valence-electron chi connectivity index (χ1n) is 14.7. The predicted molar refractivity (Wildman–Crippen MR) is 159 cm³/mol. The maximum Gasteiger partial charge on any atom is 0.304 e. The molecule has 0 aromatic rings. The highest BCUT2D eigenvalue weighted by Gasteiger charge is 2.03. The Hall–Kier alpha value is -2.72. The molecule has 38 heavy (non-hydrogen) atoms. The molecule has 0 aromatic heterocycles. The van der Waals surface area contributed by atoms with Gasteiger partial charge in [-0.1, -0.05) is 100 Å². The van der Waals surface area contributed by atoms with Gasteiger partial charge < -0.3 is 9.47 Å². The van der Waals surface area contributed by atoms with Crippen molar-refractivity contribution in [1.29, 1.82) is 0 Å². The second-order valence-electron chi connectivity index (χ2n) is 9.83. The van der Waals surface area contributed by atoms with Gasteiger partial charge in [-0.05, 0) is 63.5 Å². The Morgan fingerprint density at radius 3 is 1.05 bits per heavy atom. The number of allylic oxidation sites excluding steroid dienone is 4. The molecule has 0 aliphatic rings. The summed E-state index contributed by atoms with van der Waals surface area (Å²) >= 11 is 0. The Balaban J connectivity index is 3.38. The summed E-state index contributed by atoms with van der Waals surface area (Å²) in [6.45, 7) is 2.75. The molecule has 0 aliphatic carbocycles. The van der Waals surface area contributed by atoms with E-state index >= 15 is 0 Å². The van der Waals surface area contributed by atoms with Crippen LogP contribution in [0.5, 0.6) is 0 Å². The SMILES string of the molecule is C#C[C@H](/C=C/CCCCCCCCC/C=C/CCCCCCCCC/C=C/[C@@H](C#C)OC(C)=O)OC(C)=O. The van der Waals surface area contributed by atoms with Crippen molar-refractivity contribution < 1.29 is 19.1 Å². The van der Waals surface area contributed by atoms with Gasteiger partial charge in [-0.25, -0.2) is 0 Å². The highest BCUT2D eigenvalue weighted by Crippen LogP contribution is 2.12. The summed E-state index contributed by atoms with van der Waals surface area (Å²) in [7, 11) is 0. The van der Waals surface area contributed by atoms with Crippen LogP contribution < -0.4 is 0 Å². The molecule has 0 spiro atoms. The molecule has 0 saturated heterocycles. The van der Waals surface area contributed by atoms with Crippen molar-refractivity contribution in [2.45, 2.75) is 142 Å². The van der Waals surface area contributed by atoms with E-state index in [-0.39, 0.29) is 11.9 Å². The summed E-state index contributed by atoms with van der Waals surface area (Å²) in [4.78, 5) is 21.8. The second kappa shape index (κ2) is 27.3. The molecule has 0 amide bonds. The summed E-state index contributed by atoms with van der Waals surface area (Å²) in [6, 6.07) is 0. The number of carbonyl (C=O) groups excluding carboxylic acids is 2. The summed E-state index contributed by atoms with van der Waals surface area (Å²) in [5.41, 5.74) is 0. The molecule has 0 fully saturated rings. The molecule has 4 heteroatoms. The topological polar surface area (TPSA) is 52.6 Å². The molecule has 0 unspecified atom stereocenters. The first-order chi connectivity index (χ1) is 18.5. The van der Waals surface area contributed by atoms with E-state index in [4.69, 9.17) is 22.3 Å². The van der Waals surface area contributed by atoms with Crippen molar-refractivity contribution in [3.63, 3.8) is 0 Å². The maximum atomic E-state index is 10.9. The highest BCUT2D eigenvalue weighted by molar-refractivity contribution is 5.67. The van der Waals surface area contributed by atoms with Gasteiger partial charge in [0.25, 0.3) is 0 Å². The third-order valence-electron chi connectivity index (χ3n) is 6.19. The lowest BCUT2D eigenvalue weighted by atomic mass is 10.1. The molecule has 0 N–H and O–H groups in total. The Morgan fingerprint density at radius 1 is 0.526 bits per heavy atom. The van der Waals surface area contributed by atoms with Crippen LogP contribution in [0.1, 0.15) is 129 Å². The molecule has 0 radical (unpaired) electrons. The number of terminal acetylenes is 2. The van der Waals surface area contributed by atoms with Crippen LogP contribution in [0.4, 0.5) is 0 Å². The fourth-order valence-corrected chi connectivity index (χ4v) is 4.11. The minimum absolute atomic E-state index is 0.344. The van der Waals surface area contributed by atoms with Gasteiger partial charge in [-0.2, -0.15) is 0 Å². The quantitative estimate of drug-likeness (QED) is 0.0548. The zero-order valence-corrected chi connectivity index (χ0v) is 24.1. The van der Waals surface area contributed by atoms with E-state index in [9.17, 15) is 9.59 Å². The first-order valence-corrected chi connectivity index (χ1v) is 14.7. The summed E-state index contributed by atoms with van der Waals surface area (Å²) in [6.07, 6.45) is 44.2. The van der Waals surface area contributed by atoms with Crippen molar-refractivity contribution in [2.75, 3.05) is 0 Å². The summed E-state index contributed by atoms with van der Waals surface area (Å²) < 4.78 is 9.97. The molecule has 0 aromatic carbocycles. The molecule has 0 aliphatic heterocycles. The van der Waals surface area contributed by atoms with Crippen molar-refractivity contribution >= 4 is 11.9 Å². The van der Waals surface area contributed by atoms with Crippen molar-refractivity contribution in [1.82, 2.24) is 0 Å². The van der Waals surface area contributed by atoms with Crippen LogP contribution in [0.15, 0.2) is 36.5 Å². The predicted octanol–water partition coefficient (Wildman–Crippen LogP) is 8.81. The fourth-order valence-electron chi connectivity index (χ4n) is 4.11. The number of hydrogen-bond acceptors (Lipinski definition) is 4. The minimum atomic E-state index is -0.534. The molecule has 2 atom stereocenters. The second-order valence-corrected chi connectivity index (χ2v) is 9.83. The first kappa shape index (κ1) is 35.3. The van der Waals surface area contributed by atoms with E-state index in [0.717, 1.165) is 25.7 Å². The lowest BCUT2D eigenvalue weighted by Crippen LogP contribution is -2.10. The standard InChI is InChI=1S/C34H52O4/c1-5-33(37-31(3)35)29-27-25-23-21-19-17-15-13-11-9-7-8-10-12-14-16-18-20-22-24-26-28-30-34(6-2)38-32(4)36/h1-2,7-8,27-30,33-34H,9-26H2,3-4H3/b8-7+,29-27+,30-28+/t33-,34-/m1/s1. The van der Waals surface area contributed by atoms with Gasteiger partial charge in [0.05, 0.1) is 0 Å². The average Bonchev–Trinajstić information content (AvgIpc) is 2.89. The van der Waals surface area contributed by atoms with Crippen LogP contribution in [0.3, 0.4) is 0 Å². The largest absolute Gasteiger partial charge is 0.445 e. The lowest BCUT2D eigenvalue weighted by Gasteiger charge is -2.05. The molecule has 0 bridgehead atoms. The molecular weight excluding hydrogens is 472 g/mol. The molecule has 212 valence electrons. The van der Waals surface area contributed by atoms with Gasteiger partial charge in [-0.3, -0.25) is 9.59 Å². The van der Waals surface area contributed by atoms with E-state index in [1.807, 2.05) is 12.2 Å². The van der Waals surface area contributed by atoms with Crippen LogP contribution in [-0.2, 0) is 19.1 Å². The van der Waals surface area contributed by atoms with Gasteiger partial charge in [-0.15, -0.1) is 12.8 Å². The van der Waals surface area contributed by atoms with Crippen molar-refractivity contribution in [3.8, 4) is 24.7 Å². The maximum absolute atomic E-state index is 10.9. The van der Waals surface area contributed by atoms with E-state index in [1.165, 1.54) is 104 Å². The summed E-state index contributed by atoms with van der Waals surface area (Å²) in [5, 5.41) is 0. The van der Waals surface area contributed by atoms with Crippen LogP contribution >= 0.6 is 0 Å². The normalized spacial score (nSPS) is 12.9. The monoisotopic (exact) mass is 524 g/mol. The van der Waals surface area contributed by atoms with Crippen LogP contribution in [-0.4, -0.2) is 24.1 Å². The van der Waals surface area contributed by atoms with Gasteiger partial charge >= 0.3 is 11.9 Å². The molecule has 0 saturated carbocycles. The molecule has 4 nitrogen and oxygen atoms in total. The van der Waals surface area contributed by atoms with E-state index in [1.54, 1.807) is 12.2 Å². The number of carbonyl (C=O) groups is 2. The zero-order chi connectivity index (χ0) is 28.1. The van der Waals surface area contributed by atoms with Crippen molar-refractivity contribution in [3.05, 3.63) is 36.5 Å². The molecule has 0 heterocycles. The number of ether oxygens (including phenoxy) is 2. The van der Waals surface area contributed by atoms with E-state index in [2.05, 4.69) is 24.0 Å². The van der Waals surface area contributed by atoms with Gasteiger partial charge in [0.15, 0.2) is 12.2 Å². The van der Waals surface area contributed by atoms with Crippen LogP contribution in [0.2, 0.25) is 0 Å². The van der Waals surface area contributed by atoms with E-state index in [0.29, 0.717) is 0 Å². The lowest BCUT2D eigenvalue weighted by molar-refractivity contribution is -0.143. The van der Waals surface area contributed by atoms with Crippen molar-refractivity contribution in [2.24, 2.45) is 0 Å². The average molecular weight is 525 g/mol. The zero-order valence-electron chi connectivity index (χ0n) is 24.1. The highest BCUT2D eigenvalue weighted by atomic mass is 16.5. The minimum Gasteiger partial charge on any atom is -0.445 e. The van der Waals surface area contributed by atoms with Gasteiger partial charge in [0, 0.05) is 13.8 Å². The van der Waals surface area contributed by atoms with Gasteiger partial charge in [0.2, 0.25) is 0 Å². The molecule has 0 rings (SSSR count). The number of rotatable bonds is 24. The smallest absolute Gasteiger partial charge is 0.304 e. The summed E-state index contributed by atoms with van der Waals surface area (Å²) in [5.74, 6) is 4.23. The van der Waals surface area contributed by atoms with Crippen LogP contribution in [0, 0.1) is 24.7 Å². The number of hydrogen-bond donors (Lipinski definition) is 0. The Labute approximate surface area is 233 Å². The van der Waals surface area contributed by atoms with E-state index < -0.39 is 12.2 Å². The third kappa shape index (κ3) is 26.3. The Morgan fingerprint density at radius 2 is 0.789 bits per heavy atom. The Kier molecular flexibility index (Phi) is 25.4. The fraction of sp³-hybridized carbons (Fsp3) is 0.647.